The minimum absolute atomic E-state index is 0.130. The van der Waals surface area contributed by atoms with E-state index in [1.54, 1.807) is 45.0 Å². The van der Waals surface area contributed by atoms with Crippen molar-refractivity contribution >= 4 is 23.3 Å². The van der Waals surface area contributed by atoms with Gasteiger partial charge in [0.15, 0.2) is 6.10 Å². The Morgan fingerprint density at radius 1 is 1.00 bits per heavy atom. The SMILES string of the molecule is Cc1nc(C(=O)O[C@@H](C)C(=O)c2ccc(NC(=O)C(C)C)cc2)nn1-c1ccc(F)cc1. The molecule has 32 heavy (non-hydrogen) atoms. The molecule has 1 atom stereocenters. The summed E-state index contributed by atoms with van der Waals surface area (Å²) >= 11 is 0. The van der Waals surface area contributed by atoms with Crippen LogP contribution < -0.4 is 5.32 Å². The first-order chi connectivity index (χ1) is 15.2. The van der Waals surface area contributed by atoms with Gasteiger partial charge in [0, 0.05) is 17.2 Å². The molecule has 0 aliphatic heterocycles. The van der Waals surface area contributed by atoms with Gasteiger partial charge < -0.3 is 10.1 Å². The van der Waals surface area contributed by atoms with Gasteiger partial charge in [0.2, 0.25) is 11.7 Å². The fraction of sp³-hybridized carbons (Fsp3) is 0.261. The number of nitrogens with zero attached hydrogens (tertiary/aromatic N) is 3. The van der Waals surface area contributed by atoms with E-state index in [0.717, 1.165) is 0 Å². The molecule has 2 aromatic carbocycles. The van der Waals surface area contributed by atoms with Crippen LogP contribution in [0.4, 0.5) is 10.1 Å². The Labute approximate surface area is 184 Å². The van der Waals surface area contributed by atoms with E-state index < -0.39 is 23.7 Å². The molecular weight excluding hydrogens is 415 g/mol. The van der Waals surface area contributed by atoms with E-state index in [1.807, 2.05) is 0 Å². The predicted molar refractivity (Wildman–Crippen MR) is 115 cm³/mol. The molecule has 1 N–H and O–H groups in total. The third-order valence-corrected chi connectivity index (χ3v) is 4.64. The van der Waals surface area contributed by atoms with Crippen LogP contribution in [0.3, 0.4) is 0 Å². The van der Waals surface area contributed by atoms with E-state index in [-0.39, 0.29) is 17.6 Å². The van der Waals surface area contributed by atoms with Crippen molar-refractivity contribution in [2.24, 2.45) is 5.92 Å². The van der Waals surface area contributed by atoms with E-state index in [1.165, 1.54) is 35.9 Å². The summed E-state index contributed by atoms with van der Waals surface area (Å²) in [5.74, 6) is -1.76. The first kappa shape index (κ1) is 22.8. The summed E-state index contributed by atoms with van der Waals surface area (Å²) in [6.07, 6.45) is -1.07. The summed E-state index contributed by atoms with van der Waals surface area (Å²) in [5, 5.41) is 6.84. The molecule has 0 aliphatic carbocycles. The zero-order valence-electron chi connectivity index (χ0n) is 18.1. The third-order valence-electron chi connectivity index (χ3n) is 4.64. The minimum atomic E-state index is -1.07. The van der Waals surface area contributed by atoms with Gasteiger partial charge in [0.05, 0.1) is 5.69 Å². The quantitative estimate of drug-likeness (QED) is 0.445. The molecular formula is C23H23FN4O4. The van der Waals surface area contributed by atoms with E-state index in [4.69, 9.17) is 4.74 Å². The van der Waals surface area contributed by atoms with E-state index in [9.17, 15) is 18.8 Å². The smallest absolute Gasteiger partial charge is 0.378 e. The van der Waals surface area contributed by atoms with Crippen molar-refractivity contribution in [1.29, 1.82) is 0 Å². The molecule has 0 unspecified atom stereocenters. The second kappa shape index (κ2) is 9.51. The number of halogens is 1. The number of benzene rings is 2. The fourth-order valence-electron chi connectivity index (χ4n) is 2.81. The van der Waals surface area contributed by atoms with Crippen LogP contribution in [0.5, 0.6) is 0 Å². The van der Waals surface area contributed by atoms with Gasteiger partial charge in [-0.25, -0.2) is 18.9 Å². The lowest BCUT2D eigenvalue weighted by Crippen LogP contribution is -2.25. The highest BCUT2D eigenvalue weighted by Crippen LogP contribution is 2.15. The molecule has 1 aromatic heterocycles. The Morgan fingerprint density at radius 2 is 1.62 bits per heavy atom. The van der Waals surface area contributed by atoms with Crippen LogP contribution in [0.25, 0.3) is 5.69 Å². The van der Waals surface area contributed by atoms with Crippen molar-refractivity contribution in [2.45, 2.75) is 33.8 Å². The largest absolute Gasteiger partial charge is 0.448 e. The van der Waals surface area contributed by atoms with Crippen LogP contribution in [-0.2, 0) is 9.53 Å². The molecule has 0 radical (unpaired) electrons. The highest BCUT2D eigenvalue weighted by molar-refractivity contribution is 6.01. The topological polar surface area (TPSA) is 103 Å². The molecule has 9 heteroatoms. The fourth-order valence-corrected chi connectivity index (χ4v) is 2.81. The summed E-state index contributed by atoms with van der Waals surface area (Å²) in [7, 11) is 0. The van der Waals surface area contributed by atoms with Gasteiger partial charge in [-0.2, -0.15) is 0 Å². The van der Waals surface area contributed by atoms with Crippen LogP contribution in [0, 0.1) is 18.7 Å². The third kappa shape index (κ3) is 5.23. The molecule has 1 amide bonds. The molecule has 0 saturated carbocycles. The number of carbonyl (C=O) groups excluding carboxylic acids is 3. The molecule has 0 aliphatic rings. The van der Waals surface area contributed by atoms with Crippen LogP contribution in [0.2, 0.25) is 0 Å². The van der Waals surface area contributed by atoms with Gasteiger partial charge in [-0.1, -0.05) is 13.8 Å². The van der Waals surface area contributed by atoms with Crippen molar-refractivity contribution in [3.8, 4) is 5.69 Å². The average molecular weight is 438 g/mol. The van der Waals surface area contributed by atoms with Crippen LogP contribution >= 0.6 is 0 Å². The molecule has 1 heterocycles. The normalized spacial score (nSPS) is 11.8. The van der Waals surface area contributed by atoms with Crippen molar-refractivity contribution in [2.75, 3.05) is 5.32 Å². The number of anilines is 1. The molecule has 166 valence electrons. The van der Waals surface area contributed by atoms with Gasteiger partial charge in [0.1, 0.15) is 11.6 Å². The number of hydrogen-bond acceptors (Lipinski definition) is 6. The molecule has 0 spiro atoms. The Bertz CT molecular complexity index is 1140. The molecule has 0 fully saturated rings. The minimum Gasteiger partial charge on any atom is -0.448 e. The molecule has 3 rings (SSSR count). The zero-order valence-corrected chi connectivity index (χ0v) is 18.1. The number of esters is 1. The van der Waals surface area contributed by atoms with Gasteiger partial charge >= 0.3 is 5.97 Å². The first-order valence-electron chi connectivity index (χ1n) is 10.0. The highest BCUT2D eigenvalue weighted by Gasteiger charge is 2.24. The summed E-state index contributed by atoms with van der Waals surface area (Å²) in [4.78, 5) is 40.9. The molecule has 0 bridgehead atoms. The maximum atomic E-state index is 13.1. The molecule has 3 aromatic rings. The number of carbonyl (C=O) groups is 3. The van der Waals surface area contributed by atoms with Gasteiger partial charge in [-0.3, -0.25) is 9.59 Å². The van der Waals surface area contributed by atoms with Crippen molar-refractivity contribution < 1.29 is 23.5 Å². The van der Waals surface area contributed by atoms with Crippen molar-refractivity contribution in [3.05, 3.63) is 71.6 Å². The molecule has 8 nitrogen and oxygen atoms in total. The van der Waals surface area contributed by atoms with E-state index >= 15 is 0 Å². The maximum Gasteiger partial charge on any atom is 0.378 e. The standard InChI is InChI=1S/C23H23FN4O4/c1-13(2)22(30)26-18-9-5-16(6-10-18)20(29)14(3)32-23(31)21-25-15(4)28(27-21)19-11-7-17(24)8-12-19/h5-14H,1-4H3,(H,26,30)/t14-/m0/s1. The lowest BCUT2D eigenvalue weighted by molar-refractivity contribution is -0.118. The van der Waals surface area contributed by atoms with Crippen LogP contribution in [0.1, 0.15) is 47.6 Å². The highest BCUT2D eigenvalue weighted by atomic mass is 19.1. The Morgan fingerprint density at radius 3 is 2.22 bits per heavy atom. The summed E-state index contributed by atoms with van der Waals surface area (Å²) < 4.78 is 19.8. The second-order valence-corrected chi connectivity index (χ2v) is 7.50. The van der Waals surface area contributed by atoms with Gasteiger partial charge in [0.25, 0.3) is 5.82 Å². The number of aromatic nitrogens is 3. The number of ether oxygens (including phenoxy) is 1. The Balaban J connectivity index is 1.66. The Hall–Kier alpha value is -3.88. The molecule has 0 saturated heterocycles. The van der Waals surface area contributed by atoms with Gasteiger partial charge in [-0.15, -0.1) is 5.10 Å². The number of aryl methyl sites for hydroxylation is 1. The summed E-state index contributed by atoms with van der Waals surface area (Å²) in [5.41, 5.74) is 1.42. The van der Waals surface area contributed by atoms with E-state index in [2.05, 4.69) is 15.4 Å². The van der Waals surface area contributed by atoms with Crippen molar-refractivity contribution in [3.63, 3.8) is 0 Å². The predicted octanol–water partition coefficient (Wildman–Crippen LogP) is 3.74. The summed E-state index contributed by atoms with van der Waals surface area (Å²) in [6.45, 7) is 6.66. The number of hydrogen-bond donors (Lipinski definition) is 1. The van der Waals surface area contributed by atoms with Crippen LogP contribution in [0.15, 0.2) is 48.5 Å². The monoisotopic (exact) mass is 438 g/mol. The summed E-state index contributed by atoms with van der Waals surface area (Å²) in [6, 6.07) is 11.9. The number of amides is 1. The van der Waals surface area contributed by atoms with Crippen molar-refractivity contribution in [1.82, 2.24) is 14.8 Å². The second-order valence-electron chi connectivity index (χ2n) is 7.50. The average Bonchev–Trinajstić information content (AvgIpc) is 3.16. The zero-order chi connectivity index (χ0) is 23.4. The lowest BCUT2D eigenvalue weighted by atomic mass is 10.1. The first-order valence-corrected chi connectivity index (χ1v) is 10.0. The van der Waals surface area contributed by atoms with E-state index in [0.29, 0.717) is 22.8 Å². The maximum absolute atomic E-state index is 13.1. The number of ketones is 1. The number of rotatable bonds is 7. The number of nitrogens with one attached hydrogen (secondary N) is 1. The lowest BCUT2D eigenvalue weighted by Gasteiger charge is -2.12. The van der Waals surface area contributed by atoms with Crippen LogP contribution in [-0.4, -0.2) is 38.5 Å². The Kier molecular flexibility index (Phi) is 6.77. The van der Waals surface area contributed by atoms with Gasteiger partial charge in [-0.05, 0) is 62.4 Å². The number of Topliss-reactive ketones (excluding diaryl/α,β-unsaturated/α-hetero) is 1.